The molecule has 0 saturated carbocycles. The summed E-state index contributed by atoms with van der Waals surface area (Å²) in [6, 6.07) is 6.45. The van der Waals surface area contributed by atoms with Gasteiger partial charge in [-0.3, -0.25) is 0 Å². The first-order chi connectivity index (χ1) is 7.19. The molecule has 0 saturated heterocycles. The summed E-state index contributed by atoms with van der Waals surface area (Å²) in [5.41, 5.74) is 3.63. The van der Waals surface area contributed by atoms with E-state index in [4.69, 9.17) is 10.00 Å². The van der Waals surface area contributed by atoms with Crippen molar-refractivity contribution in [2.45, 2.75) is 33.1 Å². The summed E-state index contributed by atoms with van der Waals surface area (Å²) in [5.74, 6) is 0.971. The zero-order chi connectivity index (χ0) is 11.3. The highest BCUT2D eigenvalue weighted by Crippen LogP contribution is 2.24. The van der Waals surface area contributed by atoms with Gasteiger partial charge in [0.15, 0.2) is 0 Å². The molecule has 0 aliphatic carbocycles. The second-order valence-electron chi connectivity index (χ2n) is 3.77. The molecular weight excluding hydrogens is 186 g/mol. The van der Waals surface area contributed by atoms with Crippen LogP contribution in [0, 0.1) is 25.2 Å². The summed E-state index contributed by atoms with van der Waals surface area (Å²) < 4.78 is 5.30. The highest BCUT2D eigenvalue weighted by Gasteiger charge is 2.04. The van der Waals surface area contributed by atoms with Gasteiger partial charge in [-0.25, -0.2) is 0 Å². The Morgan fingerprint density at radius 2 is 1.87 bits per heavy atom. The zero-order valence-electron chi connectivity index (χ0n) is 9.63. The summed E-state index contributed by atoms with van der Waals surface area (Å²) in [4.78, 5) is 0. The van der Waals surface area contributed by atoms with Crippen molar-refractivity contribution in [3.05, 3.63) is 28.8 Å². The van der Waals surface area contributed by atoms with Crippen molar-refractivity contribution < 1.29 is 4.74 Å². The third kappa shape index (κ3) is 2.99. The zero-order valence-corrected chi connectivity index (χ0v) is 9.63. The van der Waals surface area contributed by atoms with Gasteiger partial charge in [0, 0.05) is 6.42 Å². The lowest BCUT2D eigenvalue weighted by Gasteiger charge is -2.10. The van der Waals surface area contributed by atoms with Crippen LogP contribution in [0.5, 0.6) is 5.75 Å². The van der Waals surface area contributed by atoms with Crippen molar-refractivity contribution in [1.82, 2.24) is 0 Å². The fraction of sp³-hybridized carbons (Fsp3) is 0.462. The van der Waals surface area contributed by atoms with E-state index >= 15 is 0 Å². The monoisotopic (exact) mass is 203 g/mol. The van der Waals surface area contributed by atoms with Crippen LogP contribution in [0.1, 0.15) is 29.5 Å². The van der Waals surface area contributed by atoms with Crippen LogP contribution in [0.25, 0.3) is 0 Å². The van der Waals surface area contributed by atoms with Crippen molar-refractivity contribution in [1.29, 1.82) is 5.26 Å². The predicted octanol–water partition coefficient (Wildman–Crippen LogP) is 3.16. The smallest absolute Gasteiger partial charge is 0.124 e. The molecule has 0 N–H and O–H groups in total. The first-order valence-electron chi connectivity index (χ1n) is 5.20. The van der Waals surface area contributed by atoms with Crippen LogP contribution in [-0.2, 0) is 6.42 Å². The predicted molar refractivity (Wildman–Crippen MR) is 61.0 cm³/mol. The van der Waals surface area contributed by atoms with Gasteiger partial charge in [0.1, 0.15) is 5.75 Å². The Morgan fingerprint density at radius 1 is 1.27 bits per heavy atom. The number of hydrogen-bond donors (Lipinski definition) is 0. The maximum atomic E-state index is 8.47. The van der Waals surface area contributed by atoms with Crippen molar-refractivity contribution in [2.75, 3.05) is 7.11 Å². The lowest BCUT2D eigenvalue weighted by atomic mass is 10.0. The normalized spacial score (nSPS) is 9.73. The van der Waals surface area contributed by atoms with Crippen LogP contribution < -0.4 is 4.74 Å². The Balaban J connectivity index is 2.80. The van der Waals surface area contributed by atoms with Crippen LogP contribution in [-0.4, -0.2) is 7.11 Å². The second-order valence-corrected chi connectivity index (χ2v) is 3.77. The van der Waals surface area contributed by atoms with Crippen LogP contribution in [0.2, 0.25) is 0 Å². The van der Waals surface area contributed by atoms with Crippen molar-refractivity contribution >= 4 is 0 Å². The van der Waals surface area contributed by atoms with Gasteiger partial charge in [0.2, 0.25) is 0 Å². The topological polar surface area (TPSA) is 33.0 Å². The van der Waals surface area contributed by atoms with Gasteiger partial charge in [-0.1, -0.05) is 12.1 Å². The van der Waals surface area contributed by atoms with Gasteiger partial charge in [0.25, 0.3) is 0 Å². The fourth-order valence-corrected chi connectivity index (χ4v) is 1.88. The summed E-state index contributed by atoms with van der Waals surface area (Å²) in [7, 11) is 1.70. The van der Waals surface area contributed by atoms with Gasteiger partial charge < -0.3 is 4.74 Å². The lowest BCUT2D eigenvalue weighted by Crippen LogP contribution is -1.94. The average Bonchev–Trinajstić information content (AvgIpc) is 2.18. The second kappa shape index (κ2) is 5.41. The fourth-order valence-electron chi connectivity index (χ4n) is 1.88. The molecular formula is C13H17NO. The van der Waals surface area contributed by atoms with E-state index in [2.05, 4.69) is 32.0 Å². The number of hydrogen-bond acceptors (Lipinski definition) is 2. The maximum absolute atomic E-state index is 8.47. The highest BCUT2D eigenvalue weighted by molar-refractivity contribution is 5.43. The molecule has 0 aromatic heterocycles. The Kier molecular flexibility index (Phi) is 4.17. The Hall–Kier alpha value is -1.49. The Morgan fingerprint density at radius 3 is 2.33 bits per heavy atom. The number of nitrogens with zero attached hydrogens (tertiary/aromatic N) is 1. The molecule has 0 radical (unpaired) electrons. The molecule has 0 heterocycles. The van der Waals surface area contributed by atoms with E-state index in [0.29, 0.717) is 6.42 Å². The first kappa shape index (κ1) is 11.6. The third-order valence-corrected chi connectivity index (χ3v) is 2.48. The number of rotatable bonds is 4. The van der Waals surface area contributed by atoms with Gasteiger partial charge in [-0.15, -0.1) is 0 Å². The van der Waals surface area contributed by atoms with E-state index in [-0.39, 0.29) is 0 Å². The van der Waals surface area contributed by atoms with E-state index in [1.54, 1.807) is 7.11 Å². The molecule has 0 bridgehead atoms. The number of ether oxygens (including phenoxy) is 1. The summed E-state index contributed by atoms with van der Waals surface area (Å²) in [6.45, 7) is 4.11. The SMILES string of the molecule is COc1c(C)cc(CCCC#N)cc1C. The average molecular weight is 203 g/mol. The van der Waals surface area contributed by atoms with E-state index in [1.807, 2.05) is 0 Å². The number of unbranched alkanes of at least 4 members (excludes halogenated alkanes) is 1. The number of methoxy groups -OCH3 is 1. The number of nitriles is 1. The minimum Gasteiger partial charge on any atom is -0.496 e. The Labute approximate surface area is 91.5 Å². The molecule has 0 amide bonds. The van der Waals surface area contributed by atoms with Crippen molar-refractivity contribution in [3.8, 4) is 11.8 Å². The summed E-state index contributed by atoms with van der Waals surface area (Å²) >= 11 is 0. The first-order valence-corrected chi connectivity index (χ1v) is 5.20. The molecule has 0 aliphatic heterocycles. The van der Waals surface area contributed by atoms with Crippen LogP contribution in [0.4, 0.5) is 0 Å². The third-order valence-electron chi connectivity index (χ3n) is 2.48. The minimum absolute atomic E-state index is 0.629. The molecule has 15 heavy (non-hydrogen) atoms. The molecule has 0 aliphatic rings. The van der Waals surface area contributed by atoms with Gasteiger partial charge in [0.05, 0.1) is 13.2 Å². The molecule has 0 unspecified atom stereocenters. The van der Waals surface area contributed by atoms with E-state index < -0.39 is 0 Å². The largest absolute Gasteiger partial charge is 0.496 e. The van der Waals surface area contributed by atoms with Gasteiger partial charge in [-0.2, -0.15) is 5.26 Å². The van der Waals surface area contributed by atoms with Gasteiger partial charge >= 0.3 is 0 Å². The van der Waals surface area contributed by atoms with Crippen molar-refractivity contribution in [2.24, 2.45) is 0 Å². The molecule has 0 spiro atoms. The molecule has 2 nitrogen and oxygen atoms in total. The Bertz CT molecular complexity index is 354. The van der Waals surface area contributed by atoms with E-state index in [1.165, 1.54) is 16.7 Å². The molecule has 0 fully saturated rings. The number of benzene rings is 1. The quantitative estimate of drug-likeness (QED) is 0.704. The molecule has 0 atom stereocenters. The maximum Gasteiger partial charge on any atom is 0.124 e. The summed E-state index contributed by atoms with van der Waals surface area (Å²) in [5, 5.41) is 8.47. The standard InChI is InChI=1S/C13H17NO/c1-10-8-12(6-4-5-7-14)9-11(2)13(10)15-3/h8-9H,4-6H2,1-3H3. The van der Waals surface area contributed by atoms with Gasteiger partial charge in [-0.05, 0) is 43.4 Å². The highest BCUT2D eigenvalue weighted by atomic mass is 16.5. The molecule has 1 rings (SSSR count). The molecule has 80 valence electrons. The van der Waals surface area contributed by atoms with Crippen LogP contribution >= 0.6 is 0 Å². The summed E-state index contributed by atoms with van der Waals surface area (Å²) in [6.07, 6.45) is 2.53. The van der Waals surface area contributed by atoms with E-state index in [9.17, 15) is 0 Å². The van der Waals surface area contributed by atoms with Crippen LogP contribution in [0.3, 0.4) is 0 Å². The molecule has 2 heteroatoms. The lowest BCUT2D eigenvalue weighted by molar-refractivity contribution is 0.408. The molecule has 1 aromatic carbocycles. The molecule has 1 aromatic rings. The van der Waals surface area contributed by atoms with Crippen molar-refractivity contribution in [3.63, 3.8) is 0 Å². The number of aryl methyl sites for hydroxylation is 3. The minimum atomic E-state index is 0.629. The van der Waals surface area contributed by atoms with Crippen LogP contribution in [0.15, 0.2) is 12.1 Å². The van der Waals surface area contributed by atoms with E-state index in [0.717, 1.165) is 18.6 Å².